The van der Waals surface area contributed by atoms with Gasteiger partial charge < -0.3 is 5.32 Å². The summed E-state index contributed by atoms with van der Waals surface area (Å²) < 4.78 is 39.7. The Morgan fingerprint density at radius 2 is 1.69 bits per heavy atom. The molecule has 1 heterocycles. The van der Waals surface area contributed by atoms with Gasteiger partial charge in [-0.05, 0) is 59.6 Å². The first-order valence-electron chi connectivity index (χ1n) is 11.1. The molecule has 4 rings (SSSR count). The lowest BCUT2D eigenvalue weighted by atomic mass is 10.0. The molecule has 10 heteroatoms. The summed E-state index contributed by atoms with van der Waals surface area (Å²) in [6.45, 7) is 4.24. The van der Waals surface area contributed by atoms with E-state index in [4.69, 9.17) is 12.2 Å². The molecule has 0 saturated heterocycles. The summed E-state index contributed by atoms with van der Waals surface area (Å²) in [5.74, 6) is 0.806. The number of nitrogens with zero attached hydrogens (tertiary/aromatic N) is 4. The van der Waals surface area contributed by atoms with Crippen molar-refractivity contribution in [2.24, 2.45) is 5.10 Å². The van der Waals surface area contributed by atoms with Gasteiger partial charge in [0.25, 0.3) is 0 Å². The average Bonchev–Trinajstić information content (AvgIpc) is 3.35. The van der Waals surface area contributed by atoms with E-state index in [0.29, 0.717) is 22.5 Å². The molecule has 0 unspecified atom stereocenters. The Kier molecular flexibility index (Phi) is 7.44. The van der Waals surface area contributed by atoms with Crippen molar-refractivity contribution in [2.45, 2.75) is 25.9 Å². The molecule has 0 saturated carbocycles. The summed E-state index contributed by atoms with van der Waals surface area (Å²) in [6, 6.07) is 20.1. The van der Waals surface area contributed by atoms with Gasteiger partial charge in [0.05, 0.1) is 17.5 Å². The van der Waals surface area contributed by atoms with Crippen LogP contribution in [0.2, 0.25) is 0 Å². The molecule has 4 aromatic rings. The third-order valence-electron chi connectivity index (χ3n) is 5.33. The number of thiocarbonyl (C=S) groups is 1. The van der Waals surface area contributed by atoms with Gasteiger partial charge in [0, 0.05) is 11.3 Å². The number of rotatable bonds is 6. The van der Waals surface area contributed by atoms with Crippen LogP contribution in [0.4, 0.5) is 18.9 Å². The third kappa shape index (κ3) is 6.14. The molecular formula is C26H23F3N6S. The molecule has 3 aromatic carbocycles. The maximum atomic E-state index is 12.8. The van der Waals surface area contributed by atoms with Crippen LogP contribution < -0.4 is 10.7 Å². The number of hydrogen-bond donors (Lipinski definition) is 2. The predicted octanol–water partition coefficient (Wildman–Crippen LogP) is 6.40. The van der Waals surface area contributed by atoms with Crippen LogP contribution in [-0.4, -0.2) is 26.1 Å². The normalized spacial score (nSPS) is 11.7. The van der Waals surface area contributed by atoms with Gasteiger partial charge in [-0.25, -0.2) is 9.67 Å². The highest BCUT2D eigenvalue weighted by molar-refractivity contribution is 7.80. The molecule has 0 fully saturated rings. The number of alkyl halides is 3. The minimum absolute atomic E-state index is 0.356. The summed E-state index contributed by atoms with van der Waals surface area (Å²) >= 11 is 5.34. The summed E-state index contributed by atoms with van der Waals surface area (Å²) in [6.07, 6.45) is -1.28. The van der Waals surface area contributed by atoms with Crippen LogP contribution in [-0.2, 0) is 6.18 Å². The summed E-state index contributed by atoms with van der Waals surface area (Å²) in [7, 11) is 0. The van der Waals surface area contributed by atoms with E-state index in [0.717, 1.165) is 34.5 Å². The molecule has 0 bridgehead atoms. The quantitative estimate of drug-likeness (QED) is 0.179. The van der Waals surface area contributed by atoms with E-state index in [1.54, 1.807) is 6.21 Å². The maximum absolute atomic E-state index is 12.8. The van der Waals surface area contributed by atoms with E-state index in [-0.39, 0.29) is 0 Å². The summed E-state index contributed by atoms with van der Waals surface area (Å²) in [5.41, 5.74) is 6.28. The van der Waals surface area contributed by atoms with Gasteiger partial charge in [0.1, 0.15) is 6.33 Å². The van der Waals surface area contributed by atoms with Crippen molar-refractivity contribution in [3.63, 3.8) is 0 Å². The van der Waals surface area contributed by atoms with E-state index >= 15 is 0 Å². The molecule has 1 aromatic heterocycles. The molecule has 0 spiro atoms. The number of benzene rings is 3. The van der Waals surface area contributed by atoms with Crippen LogP contribution in [0.3, 0.4) is 0 Å². The number of para-hydroxylation sites is 1. The molecule has 6 nitrogen and oxygen atoms in total. The molecule has 184 valence electrons. The van der Waals surface area contributed by atoms with Crippen molar-refractivity contribution in [1.82, 2.24) is 20.2 Å². The lowest BCUT2D eigenvalue weighted by molar-refractivity contribution is -0.137. The second kappa shape index (κ2) is 10.7. The summed E-state index contributed by atoms with van der Waals surface area (Å²) in [4.78, 5) is 4.27. The van der Waals surface area contributed by atoms with Crippen molar-refractivity contribution in [1.29, 1.82) is 0 Å². The molecule has 0 aliphatic carbocycles. The lowest BCUT2D eigenvalue weighted by Gasteiger charge is -2.14. The molecule has 0 aliphatic heterocycles. The van der Waals surface area contributed by atoms with E-state index in [9.17, 15) is 13.2 Å². The number of nitrogens with one attached hydrogen (secondary N) is 2. The Hall–Kier alpha value is -4.05. The van der Waals surface area contributed by atoms with Gasteiger partial charge in [-0.15, -0.1) is 5.10 Å². The molecular weight excluding hydrogens is 485 g/mol. The second-order valence-electron chi connectivity index (χ2n) is 8.25. The fraction of sp³-hybridized carbons (Fsp3) is 0.154. The molecule has 0 radical (unpaired) electrons. The number of halogens is 3. The van der Waals surface area contributed by atoms with Crippen LogP contribution >= 0.6 is 12.2 Å². The first-order chi connectivity index (χ1) is 17.2. The lowest BCUT2D eigenvalue weighted by Crippen LogP contribution is -2.24. The van der Waals surface area contributed by atoms with E-state index in [2.05, 4.69) is 45.8 Å². The first kappa shape index (κ1) is 25.1. The van der Waals surface area contributed by atoms with Crippen molar-refractivity contribution >= 4 is 29.2 Å². The zero-order chi connectivity index (χ0) is 25.7. The van der Waals surface area contributed by atoms with Crippen LogP contribution in [0.5, 0.6) is 0 Å². The fourth-order valence-corrected chi connectivity index (χ4v) is 3.63. The number of hydrazone groups is 1. The highest BCUT2D eigenvalue weighted by Gasteiger charge is 2.30. The Labute approximate surface area is 211 Å². The van der Waals surface area contributed by atoms with Gasteiger partial charge in [-0.2, -0.15) is 18.3 Å². The minimum atomic E-state index is -4.38. The molecule has 0 amide bonds. The fourth-order valence-electron chi connectivity index (χ4n) is 3.47. The van der Waals surface area contributed by atoms with Crippen molar-refractivity contribution < 1.29 is 13.2 Å². The Balaban J connectivity index is 1.36. The molecule has 0 atom stereocenters. The van der Waals surface area contributed by atoms with Crippen molar-refractivity contribution in [3.05, 3.63) is 95.8 Å². The highest BCUT2D eigenvalue weighted by atomic mass is 32.1. The highest BCUT2D eigenvalue weighted by Crippen LogP contribution is 2.29. The zero-order valence-electron chi connectivity index (χ0n) is 19.5. The van der Waals surface area contributed by atoms with E-state index < -0.39 is 11.7 Å². The molecule has 36 heavy (non-hydrogen) atoms. The van der Waals surface area contributed by atoms with Crippen molar-refractivity contribution in [2.75, 3.05) is 5.32 Å². The molecule has 0 aliphatic rings. The smallest absolute Gasteiger partial charge is 0.331 e. The number of aromatic nitrogens is 3. The molecule has 2 N–H and O–H groups in total. The van der Waals surface area contributed by atoms with E-state index in [1.165, 1.54) is 23.1 Å². The van der Waals surface area contributed by atoms with Crippen LogP contribution in [0.25, 0.3) is 17.1 Å². The SMILES string of the molecule is CC(C)c1ccccc1NC(=S)N/N=C\c1ccc(-c2ncn(-c3ccc(C(F)(F)F)cc3)n2)cc1. The largest absolute Gasteiger partial charge is 0.416 e. The minimum Gasteiger partial charge on any atom is -0.331 e. The van der Waals surface area contributed by atoms with Crippen LogP contribution in [0.1, 0.15) is 36.5 Å². The van der Waals surface area contributed by atoms with Gasteiger partial charge in [-0.1, -0.05) is 56.3 Å². The van der Waals surface area contributed by atoms with Crippen LogP contribution in [0.15, 0.2) is 84.2 Å². The van der Waals surface area contributed by atoms with Crippen LogP contribution in [0, 0.1) is 0 Å². The Morgan fingerprint density at radius 3 is 2.36 bits per heavy atom. The first-order valence-corrected chi connectivity index (χ1v) is 11.5. The Bertz CT molecular complexity index is 1360. The number of anilines is 1. The van der Waals surface area contributed by atoms with Crippen molar-refractivity contribution in [3.8, 4) is 17.1 Å². The van der Waals surface area contributed by atoms with Gasteiger partial charge in [0.2, 0.25) is 0 Å². The predicted molar refractivity (Wildman–Crippen MR) is 139 cm³/mol. The number of hydrogen-bond acceptors (Lipinski definition) is 4. The van der Waals surface area contributed by atoms with Gasteiger partial charge in [-0.3, -0.25) is 5.43 Å². The standard InChI is InChI=1S/C26H23F3N6S/c1-17(2)22-5-3-4-6-23(22)32-25(36)33-31-15-18-7-9-19(10-8-18)24-30-16-35(34-24)21-13-11-20(12-14-21)26(27,28)29/h3-17H,1-2H3,(H2,32,33,36)/b31-15-. The third-order valence-corrected chi connectivity index (χ3v) is 5.52. The zero-order valence-corrected chi connectivity index (χ0v) is 20.3. The average molecular weight is 509 g/mol. The van der Waals surface area contributed by atoms with E-state index in [1.807, 2.05) is 42.5 Å². The maximum Gasteiger partial charge on any atom is 0.416 e. The topological polar surface area (TPSA) is 67.1 Å². The van der Waals surface area contributed by atoms with Gasteiger partial charge >= 0.3 is 6.18 Å². The van der Waals surface area contributed by atoms with Gasteiger partial charge in [0.15, 0.2) is 10.9 Å². The monoisotopic (exact) mass is 508 g/mol. The summed E-state index contributed by atoms with van der Waals surface area (Å²) in [5, 5.41) is 12.1. The Morgan fingerprint density at radius 1 is 1.00 bits per heavy atom. The second-order valence-corrected chi connectivity index (χ2v) is 8.65.